The quantitative estimate of drug-likeness (QED) is 0.727. The van der Waals surface area contributed by atoms with E-state index in [2.05, 4.69) is 24.1 Å². The van der Waals surface area contributed by atoms with Crippen molar-refractivity contribution in [3.8, 4) is 0 Å². The second-order valence-electron chi connectivity index (χ2n) is 3.63. The molecule has 0 atom stereocenters. The topological polar surface area (TPSA) is 32.5 Å². The molecule has 0 amide bonds. The molecule has 2 N–H and O–H groups in total. The van der Waals surface area contributed by atoms with Crippen molar-refractivity contribution < 1.29 is 0 Å². The number of hydrogen-bond donors (Lipinski definition) is 1. The van der Waals surface area contributed by atoms with Gasteiger partial charge in [0.05, 0.1) is 5.69 Å². The van der Waals surface area contributed by atoms with E-state index >= 15 is 0 Å². The zero-order valence-electron chi connectivity index (χ0n) is 8.57. The second-order valence-corrected chi connectivity index (χ2v) is 3.63. The van der Waals surface area contributed by atoms with E-state index < -0.39 is 0 Å². The van der Waals surface area contributed by atoms with Gasteiger partial charge in [-0.25, -0.2) is 5.01 Å². The lowest BCUT2D eigenvalue weighted by Gasteiger charge is -2.27. The van der Waals surface area contributed by atoms with Gasteiger partial charge in [0.15, 0.2) is 0 Å². The highest BCUT2D eigenvalue weighted by Crippen LogP contribution is 2.25. The Hall–Kier alpha value is -1.48. The van der Waals surface area contributed by atoms with Crippen LogP contribution < -0.4 is 10.7 Å². The standard InChI is InChI=1S/C11H15N3/c1-9-8-13(2)14(11(9)12)10-6-4-3-5-7-10/h3-7H,8,12H2,1-2H3. The Morgan fingerprint density at radius 1 is 1.21 bits per heavy atom. The third-order valence-corrected chi connectivity index (χ3v) is 2.47. The van der Waals surface area contributed by atoms with Gasteiger partial charge in [-0.05, 0) is 24.6 Å². The van der Waals surface area contributed by atoms with E-state index in [-0.39, 0.29) is 0 Å². The number of nitrogens with two attached hydrogens (primary N) is 1. The molecule has 0 bridgehead atoms. The van der Waals surface area contributed by atoms with Gasteiger partial charge < -0.3 is 5.73 Å². The number of anilines is 1. The lowest BCUT2D eigenvalue weighted by molar-refractivity contribution is 0.385. The van der Waals surface area contributed by atoms with Gasteiger partial charge in [0.1, 0.15) is 5.82 Å². The molecule has 0 saturated heterocycles. The first kappa shape index (κ1) is 9.09. The van der Waals surface area contributed by atoms with Crippen LogP contribution in [0.25, 0.3) is 0 Å². The van der Waals surface area contributed by atoms with Gasteiger partial charge in [0.2, 0.25) is 0 Å². The minimum atomic E-state index is 0.846. The summed E-state index contributed by atoms with van der Waals surface area (Å²) in [5.74, 6) is 0.846. The van der Waals surface area contributed by atoms with Gasteiger partial charge in [-0.2, -0.15) is 0 Å². The third kappa shape index (κ3) is 1.36. The Balaban J connectivity index is 2.36. The number of nitrogens with zero attached hydrogens (tertiary/aromatic N) is 2. The molecular formula is C11H15N3. The first-order chi connectivity index (χ1) is 6.70. The number of hydrogen-bond acceptors (Lipinski definition) is 3. The fourth-order valence-corrected chi connectivity index (χ4v) is 1.77. The van der Waals surface area contributed by atoms with Crippen molar-refractivity contribution in [1.29, 1.82) is 0 Å². The maximum Gasteiger partial charge on any atom is 0.118 e. The Kier molecular flexibility index (Phi) is 2.17. The Morgan fingerprint density at radius 2 is 1.86 bits per heavy atom. The molecule has 2 rings (SSSR count). The first-order valence-electron chi connectivity index (χ1n) is 4.71. The summed E-state index contributed by atoms with van der Waals surface area (Å²) in [5, 5.41) is 4.15. The van der Waals surface area contributed by atoms with Crippen LogP contribution in [0.2, 0.25) is 0 Å². The van der Waals surface area contributed by atoms with E-state index in [0.29, 0.717) is 0 Å². The Morgan fingerprint density at radius 3 is 2.36 bits per heavy atom. The SMILES string of the molecule is CC1=C(N)N(c2ccccc2)N(C)C1. The number of para-hydroxylation sites is 1. The first-order valence-corrected chi connectivity index (χ1v) is 4.71. The molecule has 0 radical (unpaired) electrons. The summed E-state index contributed by atoms with van der Waals surface area (Å²) in [6, 6.07) is 10.2. The lowest BCUT2D eigenvalue weighted by Crippen LogP contribution is -2.36. The molecule has 3 heteroatoms. The van der Waals surface area contributed by atoms with Crippen molar-refractivity contribution in [3.05, 3.63) is 41.7 Å². The van der Waals surface area contributed by atoms with Gasteiger partial charge in [0.25, 0.3) is 0 Å². The van der Waals surface area contributed by atoms with E-state index in [4.69, 9.17) is 5.73 Å². The van der Waals surface area contributed by atoms with E-state index in [0.717, 1.165) is 18.1 Å². The van der Waals surface area contributed by atoms with Crippen LogP contribution >= 0.6 is 0 Å². The molecule has 1 aromatic rings. The lowest BCUT2D eigenvalue weighted by atomic mass is 10.3. The molecule has 74 valence electrons. The van der Waals surface area contributed by atoms with Crippen molar-refractivity contribution >= 4 is 5.69 Å². The third-order valence-electron chi connectivity index (χ3n) is 2.47. The summed E-state index contributed by atoms with van der Waals surface area (Å²) in [6.45, 7) is 2.97. The number of likely N-dealkylation sites (N-methyl/N-ethyl adjacent to an activating group) is 1. The van der Waals surface area contributed by atoms with Crippen LogP contribution in [0.15, 0.2) is 41.7 Å². The van der Waals surface area contributed by atoms with Gasteiger partial charge in [0, 0.05) is 13.6 Å². The fraction of sp³-hybridized carbons (Fsp3) is 0.273. The molecule has 0 spiro atoms. The molecule has 0 unspecified atom stereocenters. The molecule has 1 heterocycles. The summed E-state index contributed by atoms with van der Waals surface area (Å²) >= 11 is 0. The number of rotatable bonds is 1. The predicted molar refractivity (Wildman–Crippen MR) is 58.4 cm³/mol. The molecular weight excluding hydrogens is 174 g/mol. The van der Waals surface area contributed by atoms with Crippen LogP contribution in [0.3, 0.4) is 0 Å². The van der Waals surface area contributed by atoms with Gasteiger partial charge in [-0.3, -0.25) is 5.01 Å². The average Bonchev–Trinajstić information content (AvgIpc) is 2.43. The van der Waals surface area contributed by atoms with E-state index in [1.54, 1.807) is 0 Å². The summed E-state index contributed by atoms with van der Waals surface area (Å²) in [6.07, 6.45) is 0. The average molecular weight is 189 g/mol. The molecule has 0 fully saturated rings. The van der Waals surface area contributed by atoms with Crippen molar-refractivity contribution in [2.75, 3.05) is 18.6 Å². The smallest absolute Gasteiger partial charge is 0.118 e. The Labute approximate surface area is 84.4 Å². The van der Waals surface area contributed by atoms with Crippen molar-refractivity contribution in [1.82, 2.24) is 5.01 Å². The van der Waals surface area contributed by atoms with Crippen molar-refractivity contribution in [2.45, 2.75) is 6.92 Å². The van der Waals surface area contributed by atoms with Crippen molar-refractivity contribution in [3.63, 3.8) is 0 Å². The molecule has 0 saturated carbocycles. The fourth-order valence-electron chi connectivity index (χ4n) is 1.77. The van der Waals surface area contributed by atoms with Crippen LogP contribution in [0.1, 0.15) is 6.92 Å². The minimum Gasteiger partial charge on any atom is -0.384 e. The number of benzene rings is 1. The van der Waals surface area contributed by atoms with Crippen LogP contribution in [0.4, 0.5) is 5.69 Å². The largest absolute Gasteiger partial charge is 0.384 e. The zero-order valence-corrected chi connectivity index (χ0v) is 8.57. The summed E-state index contributed by atoms with van der Waals surface area (Å²) in [5.41, 5.74) is 8.34. The summed E-state index contributed by atoms with van der Waals surface area (Å²) in [7, 11) is 2.04. The monoisotopic (exact) mass is 189 g/mol. The van der Waals surface area contributed by atoms with Gasteiger partial charge in [-0.15, -0.1) is 0 Å². The normalized spacial score (nSPS) is 18.0. The minimum absolute atomic E-state index is 0.846. The maximum atomic E-state index is 6.01. The van der Waals surface area contributed by atoms with Crippen LogP contribution in [-0.2, 0) is 0 Å². The molecule has 0 aromatic heterocycles. The molecule has 1 aliphatic heterocycles. The molecule has 0 aliphatic carbocycles. The predicted octanol–water partition coefficient (Wildman–Crippen LogP) is 1.54. The van der Waals surface area contributed by atoms with Crippen LogP contribution in [-0.4, -0.2) is 18.6 Å². The van der Waals surface area contributed by atoms with E-state index in [9.17, 15) is 0 Å². The highest BCUT2D eigenvalue weighted by atomic mass is 15.6. The summed E-state index contributed by atoms with van der Waals surface area (Å²) in [4.78, 5) is 0. The molecule has 1 aromatic carbocycles. The molecule has 3 nitrogen and oxygen atoms in total. The molecule has 1 aliphatic rings. The van der Waals surface area contributed by atoms with Crippen molar-refractivity contribution in [2.24, 2.45) is 5.73 Å². The van der Waals surface area contributed by atoms with Gasteiger partial charge >= 0.3 is 0 Å². The molecule has 14 heavy (non-hydrogen) atoms. The number of hydrazine groups is 1. The van der Waals surface area contributed by atoms with Crippen LogP contribution in [0.5, 0.6) is 0 Å². The van der Waals surface area contributed by atoms with E-state index in [1.165, 1.54) is 5.57 Å². The highest BCUT2D eigenvalue weighted by Gasteiger charge is 2.23. The van der Waals surface area contributed by atoms with E-state index in [1.807, 2.05) is 30.3 Å². The van der Waals surface area contributed by atoms with Crippen LogP contribution in [0, 0.1) is 0 Å². The van der Waals surface area contributed by atoms with Gasteiger partial charge in [-0.1, -0.05) is 18.2 Å². The second kappa shape index (κ2) is 3.35. The summed E-state index contributed by atoms with van der Waals surface area (Å²) < 4.78 is 0. The maximum absolute atomic E-state index is 6.01. The zero-order chi connectivity index (χ0) is 10.1. The highest BCUT2D eigenvalue weighted by molar-refractivity contribution is 5.52. The Bertz CT molecular complexity index is 356.